The van der Waals surface area contributed by atoms with Gasteiger partial charge >= 0.3 is 5.97 Å². The average molecular weight is 441 g/mol. The molecule has 2 aromatic heterocycles. The van der Waals surface area contributed by atoms with Gasteiger partial charge in [-0.05, 0) is 63.7 Å². The van der Waals surface area contributed by atoms with Crippen molar-refractivity contribution in [1.82, 2.24) is 15.1 Å². The SMILES string of the molecule is COC(=O)c1c(NC(=S)NCCCn2nc(C)c(Cl)c2C)sc2c1CCCC2. The Morgan fingerprint density at radius 1 is 1.36 bits per heavy atom. The van der Waals surface area contributed by atoms with Crippen LogP contribution in [0.4, 0.5) is 5.00 Å². The molecular formula is C19H25ClN4O2S2. The second kappa shape index (κ2) is 9.24. The number of methoxy groups -OCH3 is 1. The number of hydrogen-bond acceptors (Lipinski definition) is 5. The molecule has 3 rings (SSSR count). The van der Waals surface area contributed by atoms with Crippen LogP contribution in [0.3, 0.4) is 0 Å². The van der Waals surface area contributed by atoms with Crippen LogP contribution >= 0.6 is 35.2 Å². The highest BCUT2D eigenvalue weighted by atomic mass is 35.5. The highest BCUT2D eigenvalue weighted by Crippen LogP contribution is 2.38. The summed E-state index contributed by atoms with van der Waals surface area (Å²) in [5.41, 5.74) is 3.59. The van der Waals surface area contributed by atoms with Gasteiger partial charge in [0, 0.05) is 18.0 Å². The van der Waals surface area contributed by atoms with Gasteiger partial charge in [-0.25, -0.2) is 4.79 Å². The van der Waals surface area contributed by atoms with Gasteiger partial charge in [-0.3, -0.25) is 4.68 Å². The largest absolute Gasteiger partial charge is 0.465 e. The van der Waals surface area contributed by atoms with Crippen molar-refractivity contribution < 1.29 is 9.53 Å². The molecule has 0 fully saturated rings. The molecule has 0 radical (unpaired) electrons. The monoisotopic (exact) mass is 440 g/mol. The van der Waals surface area contributed by atoms with Crippen molar-refractivity contribution in [3.8, 4) is 0 Å². The van der Waals surface area contributed by atoms with Crippen molar-refractivity contribution in [3.05, 3.63) is 32.4 Å². The standard InChI is InChI=1S/C19H25ClN4O2S2/c1-11-16(20)12(2)24(23-11)10-6-9-21-19(27)22-17-15(18(25)26-3)13-7-4-5-8-14(13)28-17/h4-10H2,1-3H3,(H2,21,22,27). The number of anilines is 1. The molecule has 9 heteroatoms. The second-order valence-corrected chi connectivity index (χ2v) is 8.74. The summed E-state index contributed by atoms with van der Waals surface area (Å²) in [6.07, 6.45) is 5.05. The molecule has 0 bridgehead atoms. The third-order valence-corrected chi connectivity index (χ3v) is 6.91. The smallest absolute Gasteiger partial charge is 0.341 e. The van der Waals surface area contributed by atoms with Crippen molar-refractivity contribution in [1.29, 1.82) is 0 Å². The summed E-state index contributed by atoms with van der Waals surface area (Å²) in [5.74, 6) is -0.300. The summed E-state index contributed by atoms with van der Waals surface area (Å²) in [6, 6.07) is 0. The summed E-state index contributed by atoms with van der Waals surface area (Å²) in [6.45, 7) is 5.33. The Morgan fingerprint density at radius 2 is 2.11 bits per heavy atom. The lowest BCUT2D eigenvalue weighted by molar-refractivity contribution is 0.0601. The number of carbonyl (C=O) groups is 1. The highest BCUT2D eigenvalue weighted by molar-refractivity contribution is 7.80. The maximum absolute atomic E-state index is 12.3. The van der Waals surface area contributed by atoms with Crippen molar-refractivity contribution in [3.63, 3.8) is 0 Å². The highest BCUT2D eigenvalue weighted by Gasteiger charge is 2.26. The number of thiocarbonyl (C=S) groups is 1. The zero-order chi connectivity index (χ0) is 20.3. The van der Waals surface area contributed by atoms with Crippen molar-refractivity contribution in [2.45, 2.75) is 52.5 Å². The van der Waals surface area contributed by atoms with Crippen molar-refractivity contribution >= 4 is 51.2 Å². The molecule has 0 spiro atoms. The Morgan fingerprint density at radius 3 is 2.79 bits per heavy atom. The van der Waals surface area contributed by atoms with Crippen LogP contribution in [0.25, 0.3) is 0 Å². The van der Waals surface area contributed by atoms with Crippen LogP contribution in [0.2, 0.25) is 5.02 Å². The number of hydrogen-bond donors (Lipinski definition) is 2. The topological polar surface area (TPSA) is 68.2 Å². The van der Waals surface area contributed by atoms with Gasteiger partial charge < -0.3 is 15.4 Å². The molecule has 2 N–H and O–H groups in total. The first-order chi connectivity index (χ1) is 13.4. The second-order valence-electron chi connectivity index (χ2n) is 6.85. The number of halogens is 1. The number of ether oxygens (including phenoxy) is 1. The number of esters is 1. The van der Waals surface area contributed by atoms with E-state index in [1.165, 1.54) is 12.0 Å². The fourth-order valence-corrected chi connectivity index (χ4v) is 5.13. The minimum Gasteiger partial charge on any atom is -0.465 e. The molecule has 1 aliphatic carbocycles. The van der Waals surface area contributed by atoms with E-state index in [2.05, 4.69) is 15.7 Å². The molecule has 0 unspecified atom stereocenters. The van der Waals surface area contributed by atoms with E-state index < -0.39 is 0 Å². The first-order valence-electron chi connectivity index (χ1n) is 9.39. The Kier molecular flexibility index (Phi) is 6.95. The summed E-state index contributed by atoms with van der Waals surface area (Å²) in [5, 5.41) is 12.9. The van der Waals surface area contributed by atoms with E-state index in [1.54, 1.807) is 11.3 Å². The third-order valence-electron chi connectivity index (χ3n) is 4.91. The van der Waals surface area contributed by atoms with Gasteiger partial charge in [0.1, 0.15) is 5.00 Å². The predicted octanol–water partition coefficient (Wildman–Crippen LogP) is 4.26. The maximum atomic E-state index is 12.3. The van der Waals surface area contributed by atoms with Gasteiger partial charge in [0.05, 0.1) is 29.1 Å². The fraction of sp³-hybridized carbons (Fsp3) is 0.526. The van der Waals surface area contributed by atoms with Crippen LogP contribution in [0.1, 0.15) is 51.4 Å². The molecule has 0 aliphatic heterocycles. The van der Waals surface area contributed by atoms with Crippen LogP contribution in [0, 0.1) is 13.8 Å². The lowest BCUT2D eigenvalue weighted by Crippen LogP contribution is -2.30. The number of fused-ring (bicyclic) bond motifs is 1. The maximum Gasteiger partial charge on any atom is 0.341 e. The lowest BCUT2D eigenvalue weighted by Gasteiger charge is -2.12. The number of nitrogens with one attached hydrogen (secondary N) is 2. The summed E-state index contributed by atoms with van der Waals surface area (Å²) in [4.78, 5) is 13.6. The van der Waals surface area contributed by atoms with E-state index in [0.29, 0.717) is 17.2 Å². The van der Waals surface area contributed by atoms with Gasteiger partial charge in [-0.1, -0.05) is 11.6 Å². The first-order valence-corrected chi connectivity index (χ1v) is 11.0. The van der Waals surface area contributed by atoms with E-state index in [-0.39, 0.29) is 5.97 Å². The minimum absolute atomic E-state index is 0.300. The van der Waals surface area contributed by atoms with Crippen molar-refractivity contribution in [2.24, 2.45) is 0 Å². The third kappa shape index (κ3) is 4.50. The number of rotatable bonds is 6. The van der Waals surface area contributed by atoms with Gasteiger partial charge in [0.15, 0.2) is 5.11 Å². The van der Waals surface area contributed by atoms with Crippen molar-refractivity contribution in [2.75, 3.05) is 19.0 Å². The van der Waals surface area contributed by atoms with Crippen LogP contribution in [0.15, 0.2) is 0 Å². The Bertz CT molecular complexity index is 891. The lowest BCUT2D eigenvalue weighted by atomic mass is 9.95. The van der Waals surface area contributed by atoms with Gasteiger partial charge in [0.2, 0.25) is 0 Å². The predicted molar refractivity (Wildman–Crippen MR) is 118 cm³/mol. The van der Waals surface area contributed by atoms with E-state index in [9.17, 15) is 4.79 Å². The number of aryl methyl sites for hydroxylation is 3. The number of thiophene rings is 1. The molecular weight excluding hydrogens is 416 g/mol. The molecule has 152 valence electrons. The fourth-order valence-electron chi connectivity index (χ4n) is 3.44. The average Bonchev–Trinajstić information content (AvgIpc) is 3.16. The van der Waals surface area contributed by atoms with E-state index >= 15 is 0 Å². The number of carbonyl (C=O) groups excluding carboxylic acids is 1. The molecule has 0 aromatic carbocycles. The van der Waals surface area contributed by atoms with E-state index in [4.69, 9.17) is 28.6 Å². The number of nitrogens with zero attached hydrogens (tertiary/aromatic N) is 2. The van der Waals surface area contributed by atoms with Gasteiger partial charge in [-0.15, -0.1) is 11.3 Å². The van der Waals surface area contributed by atoms with Crippen LogP contribution < -0.4 is 10.6 Å². The summed E-state index contributed by atoms with van der Waals surface area (Å²) in [7, 11) is 1.42. The molecule has 6 nitrogen and oxygen atoms in total. The van der Waals surface area contributed by atoms with Crippen LogP contribution in [0.5, 0.6) is 0 Å². The molecule has 28 heavy (non-hydrogen) atoms. The molecule has 0 atom stereocenters. The first kappa shape index (κ1) is 21.1. The Labute approximate surface area is 179 Å². The zero-order valence-corrected chi connectivity index (χ0v) is 18.7. The molecule has 0 saturated carbocycles. The Balaban J connectivity index is 1.57. The minimum atomic E-state index is -0.300. The summed E-state index contributed by atoms with van der Waals surface area (Å²) < 4.78 is 6.91. The molecule has 0 saturated heterocycles. The van der Waals surface area contributed by atoms with Gasteiger partial charge in [0.25, 0.3) is 0 Å². The molecule has 0 amide bonds. The quantitative estimate of drug-likeness (QED) is 0.397. The van der Waals surface area contributed by atoms with E-state index in [1.807, 2.05) is 18.5 Å². The van der Waals surface area contributed by atoms with Gasteiger partial charge in [-0.2, -0.15) is 5.10 Å². The Hall–Kier alpha value is -1.64. The number of aromatic nitrogens is 2. The van der Waals surface area contributed by atoms with Crippen LogP contribution in [-0.4, -0.2) is 34.5 Å². The molecule has 2 heterocycles. The zero-order valence-electron chi connectivity index (χ0n) is 16.4. The molecule has 1 aliphatic rings. The van der Waals surface area contributed by atoms with Crippen LogP contribution in [-0.2, 0) is 24.1 Å². The normalized spacial score (nSPS) is 13.1. The summed E-state index contributed by atoms with van der Waals surface area (Å²) >= 11 is 13.2. The molecule has 2 aromatic rings. The van der Waals surface area contributed by atoms with E-state index in [0.717, 1.165) is 65.6 Å².